The van der Waals surface area contributed by atoms with Gasteiger partial charge in [0.05, 0.1) is 18.5 Å². The zero-order valence-corrected chi connectivity index (χ0v) is 13.4. The molecule has 0 aliphatic carbocycles. The molecule has 1 aliphatic heterocycles. The second-order valence-corrected chi connectivity index (χ2v) is 6.03. The fourth-order valence-corrected chi connectivity index (χ4v) is 2.93. The van der Waals surface area contributed by atoms with E-state index in [-0.39, 0.29) is 18.1 Å². The third kappa shape index (κ3) is 4.20. The molecule has 0 bridgehead atoms. The summed E-state index contributed by atoms with van der Waals surface area (Å²) in [5.41, 5.74) is 2.13. The maximum absolute atomic E-state index is 12.1. The van der Waals surface area contributed by atoms with E-state index in [0.29, 0.717) is 6.42 Å². The van der Waals surface area contributed by atoms with Crippen LogP contribution in [-0.4, -0.2) is 28.2 Å². The van der Waals surface area contributed by atoms with Gasteiger partial charge in [-0.3, -0.25) is 4.79 Å². The van der Waals surface area contributed by atoms with E-state index in [1.807, 2.05) is 35.9 Å². The first kappa shape index (κ1) is 15.7. The second-order valence-electron chi connectivity index (χ2n) is 6.03. The summed E-state index contributed by atoms with van der Waals surface area (Å²) in [5, 5.41) is 3.07. The summed E-state index contributed by atoms with van der Waals surface area (Å²) >= 11 is 0. The van der Waals surface area contributed by atoms with E-state index in [9.17, 15) is 4.79 Å². The molecule has 2 heterocycles. The van der Waals surface area contributed by atoms with Gasteiger partial charge < -0.3 is 14.6 Å². The van der Waals surface area contributed by atoms with Crippen molar-refractivity contribution in [3.05, 3.63) is 48.5 Å². The van der Waals surface area contributed by atoms with E-state index in [4.69, 9.17) is 4.74 Å². The topological polar surface area (TPSA) is 56.1 Å². The molecule has 122 valence electrons. The largest absolute Gasteiger partial charge is 0.378 e. The summed E-state index contributed by atoms with van der Waals surface area (Å²) < 4.78 is 7.52. The van der Waals surface area contributed by atoms with Gasteiger partial charge in [0.25, 0.3) is 0 Å². The van der Waals surface area contributed by atoms with Crippen molar-refractivity contribution < 1.29 is 9.53 Å². The van der Waals surface area contributed by atoms with Gasteiger partial charge in [0.1, 0.15) is 0 Å². The number of rotatable bonds is 6. The van der Waals surface area contributed by atoms with E-state index in [1.54, 1.807) is 12.5 Å². The zero-order valence-electron chi connectivity index (χ0n) is 13.4. The standard InChI is InChI=1S/C18H23N3O2/c1-14(20-18(22)8-7-17-6-3-11-23-17)15-4-2-5-16(12-15)21-10-9-19-13-21/h2,4-5,9-10,12-14,17H,3,6-8,11H2,1H3,(H,20,22)/t14-,17-/m0/s1. The molecule has 1 aromatic heterocycles. The summed E-state index contributed by atoms with van der Waals surface area (Å²) in [5.74, 6) is 0.0843. The molecule has 1 aromatic carbocycles. The number of aromatic nitrogens is 2. The van der Waals surface area contributed by atoms with E-state index >= 15 is 0 Å². The fourth-order valence-electron chi connectivity index (χ4n) is 2.93. The van der Waals surface area contributed by atoms with E-state index in [0.717, 1.165) is 37.1 Å². The van der Waals surface area contributed by atoms with Crippen molar-refractivity contribution in [3.8, 4) is 5.69 Å². The van der Waals surface area contributed by atoms with Crippen LogP contribution >= 0.6 is 0 Å². The highest BCUT2D eigenvalue weighted by Gasteiger charge is 2.17. The summed E-state index contributed by atoms with van der Waals surface area (Å²) in [4.78, 5) is 16.2. The molecule has 0 unspecified atom stereocenters. The van der Waals surface area contributed by atoms with Crippen LogP contribution in [0.15, 0.2) is 43.0 Å². The molecule has 1 aliphatic rings. The molecule has 1 fully saturated rings. The van der Waals surface area contributed by atoms with Crippen LogP contribution in [0.3, 0.4) is 0 Å². The molecule has 1 saturated heterocycles. The van der Waals surface area contributed by atoms with Crippen molar-refractivity contribution in [1.82, 2.24) is 14.9 Å². The van der Waals surface area contributed by atoms with Gasteiger partial charge in [0, 0.05) is 31.1 Å². The van der Waals surface area contributed by atoms with Crippen molar-refractivity contribution in [2.45, 2.75) is 44.8 Å². The molecular formula is C18H23N3O2. The number of amides is 1. The lowest BCUT2D eigenvalue weighted by molar-refractivity contribution is -0.122. The Balaban J connectivity index is 1.56. The first-order valence-corrected chi connectivity index (χ1v) is 8.21. The number of ether oxygens (including phenoxy) is 1. The van der Waals surface area contributed by atoms with Gasteiger partial charge >= 0.3 is 0 Å². The normalized spacial score (nSPS) is 18.7. The van der Waals surface area contributed by atoms with Crippen molar-refractivity contribution in [2.24, 2.45) is 0 Å². The van der Waals surface area contributed by atoms with Crippen LogP contribution in [0.5, 0.6) is 0 Å². The zero-order chi connectivity index (χ0) is 16.1. The number of benzene rings is 1. The van der Waals surface area contributed by atoms with Crippen LogP contribution in [0.2, 0.25) is 0 Å². The van der Waals surface area contributed by atoms with Gasteiger partial charge in [-0.05, 0) is 43.9 Å². The molecule has 2 atom stereocenters. The second kappa shape index (κ2) is 7.42. The van der Waals surface area contributed by atoms with Gasteiger partial charge in [-0.1, -0.05) is 12.1 Å². The highest BCUT2D eigenvalue weighted by Crippen LogP contribution is 2.19. The Morgan fingerprint density at radius 2 is 2.43 bits per heavy atom. The molecule has 1 amide bonds. The van der Waals surface area contributed by atoms with Crippen LogP contribution in [-0.2, 0) is 9.53 Å². The Hall–Kier alpha value is -2.14. The number of carbonyl (C=O) groups excluding carboxylic acids is 1. The number of nitrogens with zero attached hydrogens (tertiary/aromatic N) is 2. The Morgan fingerprint density at radius 3 is 3.17 bits per heavy atom. The first-order valence-electron chi connectivity index (χ1n) is 8.21. The number of hydrogen-bond donors (Lipinski definition) is 1. The number of hydrogen-bond acceptors (Lipinski definition) is 3. The van der Waals surface area contributed by atoms with Crippen LogP contribution in [0.25, 0.3) is 5.69 Å². The first-order chi connectivity index (χ1) is 11.2. The maximum Gasteiger partial charge on any atom is 0.220 e. The van der Waals surface area contributed by atoms with Gasteiger partial charge in [-0.15, -0.1) is 0 Å². The summed E-state index contributed by atoms with van der Waals surface area (Å²) in [7, 11) is 0. The van der Waals surface area contributed by atoms with Crippen LogP contribution in [0.4, 0.5) is 0 Å². The van der Waals surface area contributed by atoms with Crippen LogP contribution in [0.1, 0.15) is 44.2 Å². The third-order valence-corrected chi connectivity index (χ3v) is 4.27. The monoisotopic (exact) mass is 313 g/mol. The summed E-state index contributed by atoms with van der Waals surface area (Å²) in [6, 6.07) is 8.12. The molecule has 0 saturated carbocycles. The molecule has 23 heavy (non-hydrogen) atoms. The smallest absolute Gasteiger partial charge is 0.220 e. The lowest BCUT2D eigenvalue weighted by Crippen LogP contribution is -2.27. The Labute approximate surface area is 136 Å². The van der Waals surface area contributed by atoms with E-state index in [2.05, 4.69) is 16.4 Å². The van der Waals surface area contributed by atoms with Gasteiger partial charge in [-0.2, -0.15) is 0 Å². The molecule has 0 spiro atoms. The van der Waals surface area contributed by atoms with Crippen LogP contribution in [0, 0.1) is 0 Å². The Morgan fingerprint density at radius 1 is 1.52 bits per heavy atom. The summed E-state index contributed by atoms with van der Waals surface area (Å²) in [6.07, 6.45) is 9.22. The summed E-state index contributed by atoms with van der Waals surface area (Å²) in [6.45, 7) is 2.85. The van der Waals surface area contributed by atoms with E-state index in [1.165, 1.54) is 0 Å². The van der Waals surface area contributed by atoms with Crippen molar-refractivity contribution in [1.29, 1.82) is 0 Å². The number of imidazole rings is 1. The average Bonchev–Trinajstić information content (AvgIpc) is 3.26. The lowest BCUT2D eigenvalue weighted by Gasteiger charge is -2.16. The minimum atomic E-state index is -0.0181. The Bertz CT molecular complexity index is 633. The SMILES string of the molecule is C[C@H](NC(=O)CC[C@@H]1CCCO1)c1cccc(-n2ccnc2)c1. The number of carbonyl (C=O) groups is 1. The minimum absolute atomic E-state index is 0.0181. The Kier molecular flexibility index (Phi) is 5.08. The number of nitrogens with one attached hydrogen (secondary N) is 1. The minimum Gasteiger partial charge on any atom is -0.378 e. The lowest BCUT2D eigenvalue weighted by atomic mass is 10.1. The molecule has 1 N–H and O–H groups in total. The highest BCUT2D eigenvalue weighted by molar-refractivity contribution is 5.76. The molecular weight excluding hydrogens is 290 g/mol. The predicted octanol–water partition coefficient (Wildman–Crippen LogP) is 3.01. The quantitative estimate of drug-likeness (QED) is 0.892. The fraction of sp³-hybridized carbons (Fsp3) is 0.444. The predicted molar refractivity (Wildman–Crippen MR) is 88.3 cm³/mol. The molecule has 0 radical (unpaired) electrons. The molecule has 5 nitrogen and oxygen atoms in total. The molecule has 3 rings (SSSR count). The molecule has 2 aromatic rings. The highest BCUT2D eigenvalue weighted by atomic mass is 16.5. The van der Waals surface area contributed by atoms with Crippen molar-refractivity contribution in [3.63, 3.8) is 0 Å². The van der Waals surface area contributed by atoms with Crippen LogP contribution < -0.4 is 5.32 Å². The van der Waals surface area contributed by atoms with Gasteiger partial charge in [0.2, 0.25) is 5.91 Å². The van der Waals surface area contributed by atoms with Gasteiger partial charge in [0.15, 0.2) is 0 Å². The molecule has 5 heteroatoms. The maximum atomic E-state index is 12.1. The third-order valence-electron chi connectivity index (χ3n) is 4.27. The van der Waals surface area contributed by atoms with Gasteiger partial charge in [-0.25, -0.2) is 4.98 Å². The van der Waals surface area contributed by atoms with E-state index < -0.39 is 0 Å². The van der Waals surface area contributed by atoms with Crippen molar-refractivity contribution >= 4 is 5.91 Å². The average molecular weight is 313 g/mol. The van der Waals surface area contributed by atoms with Crippen molar-refractivity contribution in [2.75, 3.05) is 6.61 Å².